The van der Waals surface area contributed by atoms with Crippen molar-refractivity contribution < 1.29 is 9.59 Å². The number of rotatable bonds is 3. The first-order chi connectivity index (χ1) is 11.0. The number of benzene rings is 2. The number of hydrogen-bond donors (Lipinski definition) is 1. The molecule has 3 heteroatoms. The Morgan fingerprint density at radius 2 is 1.83 bits per heavy atom. The topological polar surface area (TPSA) is 46.2 Å². The third-order valence-corrected chi connectivity index (χ3v) is 4.02. The summed E-state index contributed by atoms with van der Waals surface area (Å²) >= 11 is 0. The van der Waals surface area contributed by atoms with Crippen molar-refractivity contribution in [3.8, 4) is 0 Å². The van der Waals surface area contributed by atoms with Crippen LogP contribution in [0.25, 0.3) is 0 Å². The number of hydrogen-bond acceptors (Lipinski definition) is 3. The lowest BCUT2D eigenvalue weighted by Crippen LogP contribution is -2.12. The first-order valence-corrected chi connectivity index (χ1v) is 7.78. The van der Waals surface area contributed by atoms with Crippen LogP contribution in [0.2, 0.25) is 0 Å². The van der Waals surface area contributed by atoms with Gasteiger partial charge in [-0.05, 0) is 23.1 Å². The lowest BCUT2D eigenvalue weighted by molar-refractivity contribution is -0.114. The summed E-state index contributed by atoms with van der Waals surface area (Å²) in [5.41, 5.74) is 3.86. The van der Waals surface area contributed by atoms with E-state index in [-0.39, 0.29) is 11.6 Å². The van der Waals surface area contributed by atoms with Crippen LogP contribution in [0, 0.1) is 0 Å². The molecule has 2 aromatic carbocycles. The molecule has 0 saturated heterocycles. The Kier molecular flexibility index (Phi) is 4.11. The Labute approximate surface area is 136 Å². The van der Waals surface area contributed by atoms with E-state index in [4.69, 9.17) is 0 Å². The molecule has 3 nitrogen and oxygen atoms in total. The summed E-state index contributed by atoms with van der Waals surface area (Å²) in [6.07, 6.45) is 1.73. The summed E-state index contributed by atoms with van der Waals surface area (Å²) in [6.45, 7) is 4.24. The number of Topliss-reactive ketones (excluding diaryl/α,β-unsaturated/α-hetero) is 1. The molecule has 0 unspecified atom stereocenters. The van der Waals surface area contributed by atoms with Gasteiger partial charge >= 0.3 is 0 Å². The van der Waals surface area contributed by atoms with Crippen LogP contribution >= 0.6 is 0 Å². The molecule has 0 aliphatic carbocycles. The van der Waals surface area contributed by atoms with E-state index < -0.39 is 0 Å². The standard InChI is InChI=1S/C20H19NO2/c1-13(2)15-8-9-18-16(10-15)11-17(22)12-19(21-18)20(23)14-6-4-3-5-7-14/h3-10,12-13,21H,11H2,1-2H3. The van der Waals surface area contributed by atoms with Crippen LogP contribution in [-0.4, -0.2) is 11.6 Å². The first kappa shape index (κ1) is 15.2. The SMILES string of the molecule is CC(C)c1ccc2c(c1)CC(=O)C=C(C(=O)c1ccccc1)N2. The van der Waals surface area contributed by atoms with Crippen molar-refractivity contribution in [3.63, 3.8) is 0 Å². The Balaban J connectivity index is 1.96. The molecule has 3 rings (SSSR count). The van der Waals surface area contributed by atoms with Crippen LogP contribution in [-0.2, 0) is 11.2 Å². The van der Waals surface area contributed by atoms with Gasteiger partial charge in [-0.25, -0.2) is 0 Å². The number of ketones is 2. The van der Waals surface area contributed by atoms with Crippen molar-refractivity contribution in [3.05, 3.63) is 77.0 Å². The molecule has 2 aromatic rings. The van der Waals surface area contributed by atoms with Gasteiger partial charge in [0, 0.05) is 23.7 Å². The summed E-state index contributed by atoms with van der Waals surface area (Å²) < 4.78 is 0. The van der Waals surface area contributed by atoms with Gasteiger partial charge in [-0.3, -0.25) is 9.59 Å². The molecule has 0 spiro atoms. The maximum atomic E-state index is 12.6. The predicted octanol–water partition coefficient (Wildman–Crippen LogP) is 4.11. The van der Waals surface area contributed by atoms with Gasteiger partial charge in [0.05, 0.1) is 5.70 Å². The molecule has 0 radical (unpaired) electrons. The van der Waals surface area contributed by atoms with Gasteiger partial charge in [0.2, 0.25) is 5.78 Å². The van der Waals surface area contributed by atoms with Crippen LogP contribution in [0.3, 0.4) is 0 Å². The third-order valence-electron chi connectivity index (χ3n) is 4.02. The number of nitrogens with one attached hydrogen (secondary N) is 1. The average Bonchev–Trinajstić information content (AvgIpc) is 2.72. The molecule has 116 valence electrons. The second-order valence-electron chi connectivity index (χ2n) is 6.09. The first-order valence-electron chi connectivity index (χ1n) is 7.78. The minimum atomic E-state index is -0.167. The lowest BCUT2D eigenvalue weighted by Gasteiger charge is -2.13. The van der Waals surface area contributed by atoms with E-state index >= 15 is 0 Å². The number of anilines is 1. The van der Waals surface area contributed by atoms with Gasteiger partial charge in [-0.1, -0.05) is 56.3 Å². The van der Waals surface area contributed by atoms with E-state index in [1.807, 2.05) is 30.3 Å². The quantitative estimate of drug-likeness (QED) is 0.868. The van der Waals surface area contributed by atoms with Gasteiger partial charge in [-0.15, -0.1) is 0 Å². The Morgan fingerprint density at radius 1 is 1.09 bits per heavy atom. The van der Waals surface area contributed by atoms with Crippen LogP contribution in [0.4, 0.5) is 5.69 Å². The van der Waals surface area contributed by atoms with Crippen LogP contribution < -0.4 is 5.32 Å². The van der Waals surface area contributed by atoms with Crippen molar-refractivity contribution in [1.82, 2.24) is 0 Å². The molecule has 1 aliphatic heterocycles. The highest BCUT2D eigenvalue weighted by molar-refractivity contribution is 6.14. The highest BCUT2D eigenvalue weighted by Crippen LogP contribution is 2.27. The fourth-order valence-electron chi connectivity index (χ4n) is 2.69. The fraction of sp³-hybridized carbons (Fsp3) is 0.200. The van der Waals surface area contributed by atoms with E-state index in [9.17, 15) is 9.59 Å². The largest absolute Gasteiger partial charge is 0.352 e. The van der Waals surface area contributed by atoms with Crippen molar-refractivity contribution >= 4 is 17.3 Å². The monoisotopic (exact) mass is 305 g/mol. The third kappa shape index (κ3) is 3.24. The van der Waals surface area contributed by atoms with Gasteiger partial charge < -0.3 is 5.32 Å². The van der Waals surface area contributed by atoms with Crippen LogP contribution in [0.1, 0.15) is 41.3 Å². The summed E-state index contributed by atoms with van der Waals surface area (Å²) in [4.78, 5) is 24.8. The summed E-state index contributed by atoms with van der Waals surface area (Å²) in [5, 5.41) is 3.15. The van der Waals surface area contributed by atoms with Crippen molar-refractivity contribution in [1.29, 1.82) is 0 Å². The number of carbonyl (C=O) groups is 2. The van der Waals surface area contributed by atoms with Gasteiger partial charge in [0.25, 0.3) is 0 Å². The zero-order chi connectivity index (χ0) is 16.4. The molecule has 1 aliphatic rings. The Hall–Kier alpha value is -2.68. The van der Waals surface area contributed by atoms with Crippen LogP contribution in [0.5, 0.6) is 0 Å². The highest BCUT2D eigenvalue weighted by atomic mass is 16.1. The minimum Gasteiger partial charge on any atom is -0.352 e. The molecular formula is C20H19NO2. The predicted molar refractivity (Wildman–Crippen MR) is 91.7 cm³/mol. The fourth-order valence-corrected chi connectivity index (χ4v) is 2.69. The van der Waals surface area contributed by atoms with E-state index in [1.54, 1.807) is 12.1 Å². The normalized spacial score (nSPS) is 13.9. The van der Waals surface area contributed by atoms with E-state index in [0.717, 1.165) is 11.3 Å². The molecule has 23 heavy (non-hydrogen) atoms. The zero-order valence-electron chi connectivity index (χ0n) is 13.3. The van der Waals surface area contributed by atoms with Crippen molar-refractivity contribution in [2.24, 2.45) is 0 Å². The summed E-state index contributed by atoms with van der Waals surface area (Å²) in [7, 11) is 0. The van der Waals surface area contributed by atoms with Gasteiger partial charge in [0.15, 0.2) is 5.78 Å². The van der Waals surface area contributed by atoms with Gasteiger partial charge in [-0.2, -0.15) is 0 Å². The van der Waals surface area contributed by atoms with E-state index in [0.29, 0.717) is 23.6 Å². The second-order valence-corrected chi connectivity index (χ2v) is 6.09. The minimum absolute atomic E-state index is 0.0589. The molecule has 0 saturated carbocycles. The second kappa shape index (κ2) is 6.21. The molecule has 0 aromatic heterocycles. The Bertz CT molecular complexity index is 789. The zero-order valence-corrected chi connectivity index (χ0v) is 13.3. The van der Waals surface area contributed by atoms with Crippen molar-refractivity contribution in [2.75, 3.05) is 5.32 Å². The maximum Gasteiger partial charge on any atom is 0.209 e. The highest BCUT2D eigenvalue weighted by Gasteiger charge is 2.20. The Morgan fingerprint density at radius 3 is 2.52 bits per heavy atom. The average molecular weight is 305 g/mol. The lowest BCUT2D eigenvalue weighted by atomic mass is 9.98. The van der Waals surface area contributed by atoms with Gasteiger partial charge in [0.1, 0.15) is 0 Å². The molecule has 1 heterocycles. The van der Waals surface area contributed by atoms with Crippen molar-refractivity contribution in [2.45, 2.75) is 26.2 Å². The number of fused-ring (bicyclic) bond motifs is 1. The molecule has 1 N–H and O–H groups in total. The maximum absolute atomic E-state index is 12.6. The summed E-state index contributed by atoms with van der Waals surface area (Å²) in [6, 6.07) is 15.0. The molecule has 0 atom stereocenters. The number of carbonyl (C=O) groups excluding carboxylic acids is 2. The molecule has 0 fully saturated rings. The molecule has 0 amide bonds. The van der Waals surface area contributed by atoms with E-state index in [1.165, 1.54) is 11.6 Å². The van der Waals surface area contributed by atoms with E-state index in [2.05, 4.69) is 25.2 Å². The molecule has 0 bridgehead atoms. The number of allylic oxidation sites excluding steroid dienone is 2. The summed E-state index contributed by atoms with van der Waals surface area (Å²) in [5.74, 6) is 0.174. The smallest absolute Gasteiger partial charge is 0.209 e. The van der Waals surface area contributed by atoms with Crippen LogP contribution in [0.15, 0.2) is 60.3 Å². The molecular weight excluding hydrogens is 286 g/mol.